The molecule has 20 heavy (non-hydrogen) atoms. The largest absolute Gasteiger partial charge is 0.477 e. The van der Waals surface area contributed by atoms with E-state index < -0.39 is 5.97 Å². The molecule has 2 unspecified atom stereocenters. The lowest BCUT2D eigenvalue weighted by Gasteiger charge is -2.28. The Morgan fingerprint density at radius 2 is 2.20 bits per heavy atom. The number of aryl methyl sites for hydroxylation is 1. The highest BCUT2D eigenvalue weighted by molar-refractivity contribution is 5.99. The summed E-state index contributed by atoms with van der Waals surface area (Å²) in [6.45, 7) is 5.84. The maximum atomic E-state index is 12.4. The van der Waals surface area contributed by atoms with Crippen molar-refractivity contribution in [2.75, 3.05) is 5.32 Å². The zero-order chi connectivity index (χ0) is 14.9. The summed E-state index contributed by atoms with van der Waals surface area (Å²) in [6, 6.07) is 1.85. The van der Waals surface area contributed by atoms with Gasteiger partial charge in [-0.15, -0.1) is 0 Å². The van der Waals surface area contributed by atoms with Gasteiger partial charge in [0, 0.05) is 17.8 Å². The lowest BCUT2D eigenvalue weighted by Crippen LogP contribution is -2.42. The van der Waals surface area contributed by atoms with E-state index in [1.54, 1.807) is 13.0 Å². The van der Waals surface area contributed by atoms with Gasteiger partial charge in [-0.05, 0) is 39.2 Å². The molecule has 1 aliphatic heterocycles. The number of H-pyrrole nitrogens is 1. The summed E-state index contributed by atoms with van der Waals surface area (Å²) in [5.74, 6) is -1.07. The normalized spacial score (nSPS) is 22.1. The van der Waals surface area contributed by atoms with Gasteiger partial charge in [-0.3, -0.25) is 0 Å². The SMILES string of the molecule is CCC1CCC(C)N1C(=O)Nc1cc(C)[nH]c1C(=O)O. The van der Waals surface area contributed by atoms with Crippen LogP contribution in [0.5, 0.6) is 0 Å². The first-order valence-electron chi connectivity index (χ1n) is 6.96. The number of anilines is 1. The number of carboxylic acid groups (broad SMARTS) is 1. The molecule has 0 aliphatic carbocycles. The standard InChI is InChI=1S/C14H21N3O3/c1-4-10-6-5-9(3)17(10)14(20)16-11-7-8(2)15-12(11)13(18)19/h7,9-10,15H,4-6H2,1-3H3,(H,16,20)(H,18,19). The van der Waals surface area contributed by atoms with Crippen LogP contribution in [0.25, 0.3) is 0 Å². The van der Waals surface area contributed by atoms with Gasteiger partial charge in [0.05, 0.1) is 5.69 Å². The average Bonchev–Trinajstić information content (AvgIpc) is 2.92. The van der Waals surface area contributed by atoms with E-state index >= 15 is 0 Å². The zero-order valence-corrected chi connectivity index (χ0v) is 12.1. The predicted octanol–water partition coefficient (Wildman–Crippen LogP) is 2.82. The summed E-state index contributed by atoms with van der Waals surface area (Å²) in [6.07, 6.45) is 2.91. The van der Waals surface area contributed by atoms with Crippen molar-refractivity contribution in [3.05, 3.63) is 17.5 Å². The smallest absolute Gasteiger partial charge is 0.354 e. The van der Waals surface area contributed by atoms with Crippen LogP contribution in [-0.4, -0.2) is 39.1 Å². The van der Waals surface area contributed by atoms with Gasteiger partial charge in [0.15, 0.2) is 0 Å². The first-order chi connectivity index (χ1) is 9.43. The van der Waals surface area contributed by atoms with Gasteiger partial charge < -0.3 is 20.3 Å². The average molecular weight is 279 g/mol. The first-order valence-corrected chi connectivity index (χ1v) is 6.96. The summed E-state index contributed by atoms with van der Waals surface area (Å²) < 4.78 is 0. The van der Waals surface area contributed by atoms with Gasteiger partial charge in [-0.1, -0.05) is 6.92 Å². The van der Waals surface area contributed by atoms with Gasteiger partial charge in [0.2, 0.25) is 0 Å². The summed E-state index contributed by atoms with van der Waals surface area (Å²) in [5, 5.41) is 11.8. The number of carbonyl (C=O) groups excluding carboxylic acids is 1. The number of rotatable bonds is 3. The number of nitrogens with zero attached hydrogens (tertiary/aromatic N) is 1. The molecule has 6 heteroatoms. The molecule has 2 heterocycles. The van der Waals surface area contributed by atoms with Crippen LogP contribution in [0.1, 0.15) is 49.3 Å². The molecule has 1 aromatic rings. The van der Waals surface area contributed by atoms with Crippen molar-refractivity contribution in [3.63, 3.8) is 0 Å². The van der Waals surface area contributed by atoms with E-state index in [4.69, 9.17) is 5.11 Å². The fourth-order valence-corrected chi connectivity index (χ4v) is 2.87. The molecule has 2 rings (SSSR count). The summed E-state index contributed by atoms with van der Waals surface area (Å²) in [5.41, 5.74) is 1.06. The Labute approximate surface area is 118 Å². The minimum absolute atomic E-state index is 0.0238. The van der Waals surface area contributed by atoms with E-state index in [0.717, 1.165) is 19.3 Å². The molecule has 1 aliphatic rings. The van der Waals surface area contributed by atoms with E-state index in [1.807, 2.05) is 11.8 Å². The summed E-state index contributed by atoms with van der Waals surface area (Å²) in [7, 11) is 0. The van der Waals surface area contributed by atoms with Gasteiger partial charge in [0.1, 0.15) is 5.69 Å². The van der Waals surface area contributed by atoms with Gasteiger partial charge in [0.25, 0.3) is 0 Å². The molecule has 1 fully saturated rings. The van der Waals surface area contributed by atoms with E-state index in [9.17, 15) is 9.59 Å². The van der Waals surface area contributed by atoms with Crippen LogP contribution in [0.3, 0.4) is 0 Å². The van der Waals surface area contributed by atoms with Crippen molar-refractivity contribution in [2.45, 2.75) is 52.1 Å². The number of urea groups is 1. The van der Waals surface area contributed by atoms with Crippen molar-refractivity contribution in [3.8, 4) is 0 Å². The van der Waals surface area contributed by atoms with Gasteiger partial charge in [-0.2, -0.15) is 0 Å². The number of hydrogen-bond donors (Lipinski definition) is 3. The van der Waals surface area contributed by atoms with E-state index in [0.29, 0.717) is 11.4 Å². The number of aromatic carboxylic acids is 1. The van der Waals surface area contributed by atoms with E-state index in [-0.39, 0.29) is 23.8 Å². The molecule has 1 aromatic heterocycles. The fraction of sp³-hybridized carbons (Fsp3) is 0.571. The van der Waals surface area contributed by atoms with Crippen LogP contribution < -0.4 is 5.32 Å². The number of amides is 2. The third-order valence-electron chi connectivity index (χ3n) is 3.90. The molecule has 0 saturated carbocycles. The molecule has 0 bridgehead atoms. The van der Waals surface area contributed by atoms with Crippen molar-refractivity contribution >= 4 is 17.7 Å². The number of carbonyl (C=O) groups is 2. The Morgan fingerprint density at radius 1 is 1.50 bits per heavy atom. The highest BCUT2D eigenvalue weighted by Crippen LogP contribution is 2.27. The lowest BCUT2D eigenvalue weighted by molar-refractivity contribution is 0.0692. The van der Waals surface area contributed by atoms with Crippen molar-refractivity contribution in [1.29, 1.82) is 0 Å². The number of aromatic amines is 1. The second-order valence-corrected chi connectivity index (χ2v) is 5.37. The number of likely N-dealkylation sites (tertiary alicyclic amines) is 1. The Kier molecular flexibility index (Phi) is 4.01. The van der Waals surface area contributed by atoms with Crippen LogP contribution in [0.15, 0.2) is 6.07 Å². The van der Waals surface area contributed by atoms with Gasteiger partial charge in [-0.25, -0.2) is 9.59 Å². The van der Waals surface area contributed by atoms with E-state index in [2.05, 4.69) is 17.2 Å². The lowest BCUT2D eigenvalue weighted by atomic mass is 10.2. The highest BCUT2D eigenvalue weighted by Gasteiger charge is 2.33. The molecule has 2 atom stereocenters. The predicted molar refractivity (Wildman–Crippen MR) is 76.1 cm³/mol. The van der Waals surface area contributed by atoms with Crippen LogP contribution >= 0.6 is 0 Å². The second kappa shape index (κ2) is 5.56. The van der Waals surface area contributed by atoms with Crippen LogP contribution in [-0.2, 0) is 0 Å². The van der Waals surface area contributed by atoms with E-state index in [1.165, 1.54) is 0 Å². The molecule has 0 spiro atoms. The molecular formula is C14H21N3O3. The van der Waals surface area contributed by atoms with Crippen LogP contribution in [0, 0.1) is 6.92 Å². The monoisotopic (exact) mass is 279 g/mol. The van der Waals surface area contributed by atoms with Crippen LogP contribution in [0.4, 0.5) is 10.5 Å². The molecule has 110 valence electrons. The fourth-order valence-electron chi connectivity index (χ4n) is 2.87. The summed E-state index contributed by atoms with van der Waals surface area (Å²) >= 11 is 0. The van der Waals surface area contributed by atoms with Crippen molar-refractivity contribution in [2.24, 2.45) is 0 Å². The maximum Gasteiger partial charge on any atom is 0.354 e. The van der Waals surface area contributed by atoms with Crippen molar-refractivity contribution in [1.82, 2.24) is 9.88 Å². The third kappa shape index (κ3) is 2.64. The molecule has 0 aromatic carbocycles. The van der Waals surface area contributed by atoms with Crippen LogP contribution in [0.2, 0.25) is 0 Å². The quantitative estimate of drug-likeness (QED) is 0.795. The minimum Gasteiger partial charge on any atom is -0.477 e. The molecule has 2 amide bonds. The summed E-state index contributed by atoms with van der Waals surface area (Å²) in [4.78, 5) is 28.1. The zero-order valence-electron chi connectivity index (χ0n) is 12.1. The maximum absolute atomic E-state index is 12.4. The number of nitrogens with one attached hydrogen (secondary N) is 2. The highest BCUT2D eigenvalue weighted by atomic mass is 16.4. The molecule has 3 N–H and O–H groups in total. The Morgan fingerprint density at radius 3 is 2.80 bits per heavy atom. The molecule has 1 saturated heterocycles. The number of carboxylic acids is 1. The topological polar surface area (TPSA) is 85.4 Å². The Bertz CT molecular complexity index is 524. The number of aromatic nitrogens is 1. The number of hydrogen-bond acceptors (Lipinski definition) is 2. The molecular weight excluding hydrogens is 258 g/mol. The minimum atomic E-state index is -1.07. The Balaban J connectivity index is 2.17. The molecule has 6 nitrogen and oxygen atoms in total. The third-order valence-corrected chi connectivity index (χ3v) is 3.90. The van der Waals surface area contributed by atoms with Gasteiger partial charge >= 0.3 is 12.0 Å². The second-order valence-electron chi connectivity index (χ2n) is 5.37. The first kappa shape index (κ1) is 14.4. The Hall–Kier alpha value is -1.98. The van der Waals surface area contributed by atoms with Crippen molar-refractivity contribution < 1.29 is 14.7 Å². The molecule has 0 radical (unpaired) electrons.